The number of alkyl halides is 2. The Morgan fingerprint density at radius 2 is 1.87 bits per heavy atom. The Bertz CT molecular complexity index is 549. The van der Waals surface area contributed by atoms with Crippen molar-refractivity contribution in [2.45, 2.75) is 52.9 Å². The molecule has 0 amide bonds. The molecule has 0 saturated heterocycles. The predicted molar refractivity (Wildman–Crippen MR) is 87.9 cm³/mol. The van der Waals surface area contributed by atoms with Crippen LogP contribution < -0.4 is 0 Å². The third kappa shape index (κ3) is 6.60. The summed E-state index contributed by atoms with van der Waals surface area (Å²) in [4.78, 5) is 19.1. The topological polar surface area (TPSA) is 52.1 Å². The van der Waals surface area contributed by atoms with Crippen LogP contribution in [0, 0.1) is 0 Å². The van der Waals surface area contributed by atoms with E-state index in [9.17, 15) is 13.6 Å². The van der Waals surface area contributed by atoms with Gasteiger partial charge in [0.15, 0.2) is 5.69 Å². The van der Waals surface area contributed by atoms with Crippen LogP contribution in [0.25, 0.3) is 5.57 Å². The summed E-state index contributed by atoms with van der Waals surface area (Å²) in [6.07, 6.45) is 1.02. The van der Waals surface area contributed by atoms with Gasteiger partial charge >= 0.3 is 5.97 Å². The number of allylic oxidation sites excluding steroid dienone is 2. The largest absolute Gasteiger partial charge is 0.464 e. The smallest absolute Gasteiger partial charge is 0.356 e. The first-order chi connectivity index (χ1) is 10.9. The van der Waals surface area contributed by atoms with E-state index in [1.165, 1.54) is 19.3 Å². The molecule has 1 aromatic rings. The lowest BCUT2D eigenvalue weighted by Crippen LogP contribution is -2.18. The minimum absolute atomic E-state index is 0.00994. The molecule has 1 aliphatic carbocycles. The second-order valence-corrected chi connectivity index (χ2v) is 4.53. The summed E-state index contributed by atoms with van der Waals surface area (Å²) in [5, 5.41) is -0.115. The summed E-state index contributed by atoms with van der Waals surface area (Å²) >= 11 is 5.72. The van der Waals surface area contributed by atoms with Crippen molar-refractivity contribution in [1.82, 2.24) is 9.97 Å². The fourth-order valence-electron chi connectivity index (χ4n) is 1.82. The summed E-state index contributed by atoms with van der Waals surface area (Å²) in [7, 11) is 1.22. The Morgan fingerprint density at radius 1 is 1.26 bits per heavy atom. The van der Waals surface area contributed by atoms with E-state index in [4.69, 9.17) is 11.6 Å². The molecular formula is C16H23ClF2N2O2. The average molecular weight is 349 g/mol. The van der Waals surface area contributed by atoms with Crippen LogP contribution in [-0.2, 0) is 4.74 Å². The van der Waals surface area contributed by atoms with Gasteiger partial charge in [-0.15, -0.1) is 0 Å². The fourth-order valence-corrected chi connectivity index (χ4v) is 2.00. The van der Waals surface area contributed by atoms with Gasteiger partial charge in [-0.05, 0) is 29.7 Å². The Morgan fingerprint density at radius 3 is 2.35 bits per heavy atom. The number of methoxy groups -OCH3 is 1. The van der Waals surface area contributed by atoms with Crippen molar-refractivity contribution in [1.29, 1.82) is 0 Å². The zero-order chi connectivity index (χ0) is 18.0. The Balaban J connectivity index is 0.00000112. The lowest BCUT2D eigenvalue weighted by Gasteiger charge is -2.21. The first kappa shape index (κ1) is 21.4. The molecule has 0 radical (unpaired) electrons. The molecule has 1 heterocycles. The Kier molecular flexibility index (Phi) is 9.56. The number of halogens is 3. The van der Waals surface area contributed by atoms with Crippen LogP contribution >= 0.6 is 11.6 Å². The molecule has 0 unspecified atom stereocenters. The van der Waals surface area contributed by atoms with Crippen LogP contribution in [0.3, 0.4) is 0 Å². The van der Waals surface area contributed by atoms with Crippen LogP contribution in [0.4, 0.5) is 8.78 Å². The number of rotatable bonds is 2. The van der Waals surface area contributed by atoms with Crippen molar-refractivity contribution in [2.24, 2.45) is 0 Å². The minimum atomic E-state index is -2.68. The summed E-state index contributed by atoms with van der Waals surface area (Å²) in [6.45, 7) is 8.00. The van der Waals surface area contributed by atoms with E-state index >= 15 is 0 Å². The van der Waals surface area contributed by atoms with Gasteiger partial charge in [0.05, 0.1) is 12.8 Å². The maximum Gasteiger partial charge on any atom is 0.356 e. The van der Waals surface area contributed by atoms with E-state index in [2.05, 4.69) is 14.7 Å². The second kappa shape index (κ2) is 10.3. The van der Waals surface area contributed by atoms with E-state index in [1.807, 2.05) is 27.7 Å². The predicted octanol–water partition coefficient (Wildman–Crippen LogP) is 5.17. The highest BCUT2D eigenvalue weighted by Crippen LogP contribution is 2.35. The van der Waals surface area contributed by atoms with Gasteiger partial charge in [0.25, 0.3) is 5.92 Å². The molecule has 1 aromatic heterocycles. The molecule has 1 aliphatic rings. The quantitative estimate of drug-likeness (QED) is 0.546. The summed E-state index contributed by atoms with van der Waals surface area (Å²) < 4.78 is 30.7. The maximum absolute atomic E-state index is 13.1. The molecule has 130 valence electrons. The molecule has 0 aliphatic heterocycles. The minimum Gasteiger partial charge on any atom is -0.464 e. The lowest BCUT2D eigenvalue weighted by molar-refractivity contribution is -0.00607. The SMILES string of the molecule is CC.CC.COC(=O)c1cc(C2=CCC(F)(F)CC2)nc(Cl)n1. The number of aromatic nitrogens is 2. The number of ether oxygens (including phenoxy) is 1. The molecule has 4 nitrogen and oxygen atoms in total. The molecule has 0 N–H and O–H groups in total. The third-order valence-corrected chi connectivity index (χ3v) is 3.00. The van der Waals surface area contributed by atoms with Gasteiger partial charge in [-0.1, -0.05) is 33.8 Å². The third-order valence-electron chi connectivity index (χ3n) is 2.83. The number of hydrogen-bond donors (Lipinski definition) is 0. The monoisotopic (exact) mass is 348 g/mol. The standard InChI is InChI=1S/C12H11ClF2N2O2.2C2H6/c1-19-10(18)9-6-8(16-11(13)17-9)7-2-4-12(14,15)5-3-7;2*1-2/h2,6H,3-5H2,1H3;2*1-2H3. The van der Waals surface area contributed by atoms with Crippen molar-refractivity contribution in [3.8, 4) is 0 Å². The van der Waals surface area contributed by atoms with Crippen LogP contribution in [0.15, 0.2) is 12.1 Å². The Labute approximate surface area is 140 Å². The van der Waals surface area contributed by atoms with Crippen LogP contribution in [-0.4, -0.2) is 29.0 Å². The molecule has 0 saturated carbocycles. The van der Waals surface area contributed by atoms with Crippen LogP contribution in [0.2, 0.25) is 5.28 Å². The lowest BCUT2D eigenvalue weighted by atomic mass is 9.94. The normalized spacial score (nSPS) is 15.2. The van der Waals surface area contributed by atoms with Gasteiger partial charge in [0.1, 0.15) is 0 Å². The molecule has 7 heteroatoms. The van der Waals surface area contributed by atoms with Gasteiger partial charge in [-0.2, -0.15) is 0 Å². The molecule has 0 atom stereocenters. The van der Waals surface area contributed by atoms with Gasteiger partial charge in [0, 0.05) is 12.8 Å². The summed E-state index contributed by atoms with van der Waals surface area (Å²) in [5.74, 6) is -3.32. The summed E-state index contributed by atoms with van der Waals surface area (Å²) in [5.41, 5.74) is 1.03. The molecule has 23 heavy (non-hydrogen) atoms. The molecule has 0 bridgehead atoms. The van der Waals surface area contributed by atoms with Crippen molar-refractivity contribution in [2.75, 3.05) is 7.11 Å². The number of esters is 1. The van der Waals surface area contributed by atoms with E-state index < -0.39 is 11.9 Å². The highest BCUT2D eigenvalue weighted by Gasteiger charge is 2.31. The molecule has 2 rings (SSSR count). The second-order valence-electron chi connectivity index (χ2n) is 4.19. The zero-order valence-electron chi connectivity index (χ0n) is 14.1. The highest BCUT2D eigenvalue weighted by atomic mass is 35.5. The van der Waals surface area contributed by atoms with Gasteiger partial charge in [-0.3, -0.25) is 0 Å². The highest BCUT2D eigenvalue weighted by molar-refractivity contribution is 6.28. The van der Waals surface area contributed by atoms with E-state index in [-0.39, 0.29) is 30.2 Å². The number of carbonyl (C=O) groups is 1. The maximum atomic E-state index is 13.1. The molecule has 0 spiro atoms. The van der Waals surface area contributed by atoms with Crippen molar-refractivity contribution in [3.05, 3.63) is 28.8 Å². The van der Waals surface area contributed by atoms with Crippen LogP contribution in [0.5, 0.6) is 0 Å². The zero-order valence-corrected chi connectivity index (χ0v) is 14.9. The van der Waals surface area contributed by atoms with E-state index in [0.717, 1.165) is 0 Å². The van der Waals surface area contributed by atoms with Gasteiger partial charge in [-0.25, -0.2) is 23.5 Å². The van der Waals surface area contributed by atoms with E-state index in [0.29, 0.717) is 11.3 Å². The summed E-state index contributed by atoms with van der Waals surface area (Å²) in [6, 6.07) is 1.40. The van der Waals surface area contributed by atoms with E-state index in [1.54, 1.807) is 0 Å². The number of carbonyl (C=O) groups excluding carboxylic acids is 1. The first-order valence-electron chi connectivity index (χ1n) is 7.61. The van der Waals surface area contributed by atoms with Gasteiger partial charge in [0.2, 0.25) is 5.28 Å². The first-order valence-corrected chi connectivity index (χ1v) is 7.99. The van der Waals surface area contributed by atoms with Crippen LogP contribution in [0.1, 0.15) is 63.1 Å². The number of nitrogens with zero attached hydrogens (tertiary/aromatic N) is 2. The molecular weight excluding hydrogens is 326 g/mol. The van der Waals surface area contributed by atoms with Crippen molar-refractivity contribution >= 4 is 23.1 Å². The number of hydrogen-bond acceptors (Lipinski definition) is 4. The molecule has 0 fully saturated rings. The fraction of sp³-hybridized carbons (Fsp3) is 0.562. The average Bonchev–Trinajstić information content (AvgIpc) is 2.57. The Hall–Kier alpha value is -1.56. The van der Waals surface area contributed by atoms with Crippen molar-refractivity contribution < 1.29 is 18.3 Å². The van der Waals surface area contributed by atoms with Crippen molar-refractivity contribution in [3.63, 3.8) is 0 Å². The van der Waals surface area contributed by atoms with Gasteiger partial charge < -0.3 is 4.74 Å². The molecule has 0 aromatic carbocycles.